The van der Waals surface area contributed by atoms with E-state index in [9.17, 15) is 9.59 Å². The Morgan fingerprint density at radius 2 is 1.75 bits per heavy atom. The van der Waals surface area contributed by atoms with Gasteiger partial charge in [0.1, 0.15) is 0 Å². The Balaban J connectivity index is 4.56. The van der Waals surface area contributed by atoms with Crippen LogP contribution in [0.5, 0.6) is 0 Å². The van der Waals surface area contributed by atoms with Crippen LogP contribution < -0.4 is 5.32 Å². The number of carboxylic acid groups (broad SMARTS) is 1. The van der Waals surface area contributed by atoms with Gasteiger partial charge in [-0.25, -0.2) is 0 Å². The van der Waals surface area contributed by atoms with Crippen molar-refractivity contribution in [3.63, 3.8) is 0 Å². The van der Waals surface area contributed by atoms with E-state index >= 15 is 0 Å². The van der Waals surface area contributed by atoms with E-state index in [2.05, 4.69) is 5.32 Å². The lowest BCUT2D eigenvalue weighted by Gasteiger charge is -2.38. The summed E-state index contributed by atoms with van der Waals surface area (Å²) in [6, 6.07) is 0. The van der Waals surface area contributed by atoms with Crippen LogP contribution in [0.3, 0.4) is 0 Å². The summed E-state index contributed by atoms with van der Waals surface area (Å²) in [7, 11) is 1.51. The molecule has 0 aliphatic rings. The zero-order valence-corrected chi connectivity index (χ0v) is 10.6. The second-order valence-electron chi connectivity index (χ2n) is 4.85. The van der Waals surface area contributed by atoms with Crippen LogP contribution in [0.4, 0.5) is 0 Å². The second-order valence-corrected chi connectivity index (χ2v) is 4.85. The van der Waals surface area contributed by atoms with Crippen molar-refractivity contribution in [2.75, 3.05) is 13.7 Å². The first-order valence-electron chi connectivity index (χ1n) is 5.18. The molecule has 0 aromatic carbocycles. The van der Waals surface area contributed by atoms with Crippen LogP contribution in [-0.2, 0) is 14.3 Å². The van der Waals surface area contributed by atoms with Crippen LogP contribution in [0.2, 0.25) is 0 Å². The van der Waals surface area contributed by atoms with Crippen LogP contribution in [0.15, 0.2) is 0 Å². The summed E-state index contributed by atoms with van der Waals surface area (Å²) in [5, 5.41) is 11.8. The van der Waals surface area contributed by atoms with Gasteiger partial charge in [-0.2, -0.15) is 0 Å². The number of carboxylic acids is 1. The van der Waals surface area contributed by atoms with Crippen molar-refractivity contribution < 1.29 is 19.4 Å². The first-order chi connectivity index (χ1) is 7.15. The highest BCUT2D eigenvalue weighted by Crippen LogP contribution is 2.30. The predicted molar refractivity (Wildman–Crippen MR) is 60.1 cm³/mol. The molecule has 0 saturated carbocycles. The molecule has 0 atom stereocenters. The van der Waals surface area contributed by atoms with E-state index < -0.39 is 16.9 Å². The maximum absolute atomic E-state index is 11.5. The molecule has 0 aliphatic carbocycles. The number of nitrogens with one attached hydrogen (secondary N) is 1. The highest BCUT2D eigenvalue weighted by molar-refractivity contribution is 5.80. The van der Waals surface area contributed by atoms with Gasteiger partial charge in [-0.05, 0) is 27.7 Å². The van der Waals surface area contributed by atoms with Crippen LogP contribution in [0, 0.1) is 5.41 Å². The molecule has 94 valence electrons. The Bertz CT molecular complexity index is 271. The van der Waals surface area contributed by atoms with Gasteiger partial charge in [0.25, 0.3) is 0 Å². The van der Waals surface area contributed by atoms with Crippen molar-refractivity contribution in [1.82, 2.24) is 5.32 Å². The lowest BCUT2D eigenvalue weighted by atomic mass is 9.74. The van der Waals surface area contributed by atoms with E-state index in [1.54, 1.807) is 27.7 Å². The van der Waals surface area contributed by atoms with Gasteiger partial charge < -0.3 is 15.2 Å². The number of carbonyl (C=O) groups is 2. The van der Waals surface area contributed by atoms with Gasteiger partial charge in [0.15, 0.2) is 0 Å². The molecule has 5 heteroatoms. The molecule has 0 aromatic heterocycles. The molecule has 0 radical (unpaired) electrons. The number of rotatable bonds is 6. The number of ether oxygens (including phenoxy) is 1. The van der Waals surface area contributed by atoms with E-state index in [4.69, 9.17) is 9.84 Å². The van der Waals surface area contributed by atoms with Crippen molar-refractivity contribution in [1.29, 1.82) is 0 Å². The average molecular weight is 231 g/mol. The van der Waals surface area contributed by atoms with Gasteiger partial charge in [-0.1, -0.05) is 0 Å². The fourth-order valence-electron chi connectivity index (χ4n) is 1.03. The van der Waals surface area contributed by atoms with Crippen LogP contribution in [-0.4, -0.2) is 36.2 Å². The molecule has 1 amide bonds. The monoisotopic (exact) mass is 231 g/mol. The Labute approximate surface area is 96.2 Å². The van der Waals surface area contributed by atoms with Gasteiger partial charge in [-0.3, -0.25) is 9.59 Å². The number of carbonyl (C=O) groups excluding carboxylic acids is 1. The Morgan fingerprint density at radius 3 is 2.12 bits per heavy atom. The van der Waals surface area contributed by atoms with Crippen LogP contribution >= 0.6 is 0 Å². The molecule has 2 N–H and O–H groups in total. The minimum atomic E-state index is -1.03. The van der Waals surface area contributed by atoms with Crippen LogP contribution in [0.1, 0.15) is 34.1 Å². The third-order valence-electron chi connectivity index (χ3n) is 3.08. The molecule has 0 fully saturated rings. The minimum Gasteiger partial charge on any atom is -0.481 e. The summed E-state index contributed by atoms with van der Waals surface area (Å²) >= 11 is 0. The third kappa shape index (κ3) is 3.48. The highest BCUT2D eigenvalue weighted by Gasteiger charge is 2.44. The molecule has 0 bridgehead atoms. The molecule has 16 heavy (non-hydrogen) atoms. The zero-order valence-electron chi connectivity index (χ0n) is 10.6. The smallest absolute Gasteiger partial charge is 0.311 e. The third-order valence-corrected chi connectivity index (χ3v) is 3.08. The van der Waals surface area contributed by atoms with E-state index in [1.165, 1.54) is 7.11 Å². The number of hydrogen-bond donors (Lipinski definition) is 2. The average Bonchev–Trinajstić information content (AvgIpc) is 2.13. The molecule has 5 nitrogen and oxygen atoms in total. The van der Waals surface area contributed by atoms with Crippen LogP contribution in [0.25, 0.3) is 0 Å². The van der Waals surface area contributed by atoms with Crippen molar-refractivity contribution >= 4 is 11.9 Å². The summed E-state index contributed by atoms with van der Waals surface area (Å²) < 4.78 is 4.78. The van der Waals surface area contributed by atoms with E-state index in [0.29, 0.717) is 6.61 Å². The van der Waals surface area contributed by atoms with Crippen molar-refractivity contribution in [2.45, 2.75) is 39.7 Å². The van der Waals surface area contributed by atoms with Gasteiger partial charge in [-0.15, -0.1) is 0 Å². The summed E-state index contributed by atoms with van der Waals surface area (Å²) in [5.74, 6) is -1.15. The summed E-state index contributed by atoms with van der Waals surface area (Å²) in [6.07, 6.45) is 0.232. The van der Waals surface area contributed by atoms with Gasteiger partial charge >= 0.3 is 5.97 Å². The maximum atomic E-state index is 11.5. The van der Waals surface area contributed by atoms with E-state index in [0.717, 1.165) is 0 Å². The first kappa shape index (κ1) is 14.9. The lowest BCUT2D eigenvalue weighted by molar-refractivity contribution is -0.151. The van der Waals surface area contributed by atoms with E-state index in [1.807, 2.05) is 0 Å². The molecular weight excluding hydrogens is 210 g/mol. The van der Waals surface area contributed by atoms with Gasteiger partial charge in [0.2, 0.25) is 5.91 Å². The van der Waals surface area contributed by atoms with Gasteiger partial charge in [0, 0.05) is 19.1 Å². The molecule has 0 aromatic rings. The normalized spacial score (nSPS) is 12.3. The molecule has 0 unspecified atom stereocenters. The standard InChI is InChI=1S/C11H21NO4/c1-10(2,9(14)15)11(3,4)12-8(13)6-7-16-5/h6-7H2,1-5H3,(H,12,13)(H,14,15). The van der Waals surface area contributed by atoms with E-state index in [-0.39, 0.29) is 12.3 Å². The largest absolute Gasteiger partial charge is 0.481 e. The molecule has 0 heterocycles. The van der Waals surface area contributed by atoms with Crippen molar-refractivity contribution in [3.05, 3.63) is 0 Å². The Morgan fingerprint density at radius 1 is 1.25 bits per heavy atom. The number of methoxy groups -OCH3 is 1. The van der Waals surface area contributed by atoms with Gasteiger partial charge in [0.05, 0.1) is 12.0 Å². The molecule has 0 aliphatic heterocycles. The minimum absolute atomic E-state index is 0.207. The molecular formula is C11H21NO4. The molecule has 0 spiro atoms. The SMILES string of the molecule is COCCC(=O)NC(C)(C)C(C)(C)C(=O)O. The predicted octanol–water partition coefficient (Wildman–Crippen LogP) is 1.03. The maximum Gasteiger partial charge on any atom is 0.311 e. The zero-order chi connectivity index (χ0) is 13.0. The Kier molecular flexibility index (Phi) is 4.93. The number of aliphatic carboxylic acids is 1. The topological polar surface area (TPSA) is 75.6 Å². The second kappa shape index (κ2) is 5.30. The first-order valence-corrected chi connectivity index (χ1v) is 5.18. The fourth-order valence-corrected chi connectivity index (χ4v) is 1.03. The summed E-state index contributed by atoms with van der Waals surface area (Å²) in [5.41, 5.74) is -1.85. The lowest BCUT2D eigenvalue weighted by Crippen LogP contribution is -2.57. The molecule has 0 rings (SSSR count). The van der Waals surface area contributed by atoms with Crippen molar-refractivity contribution in [2.24, 2.45) is 5.41 Å². The summed E-state index contributed by atoms with van der Waals surface area (Å²) in [4.78, 5) is 22.6. The quantitative estimate of drug-likeness (QED) is 0.716. The highest BCUT2D eigenvalue weighted by atomic mass is 16.5. The molecule has 0 saturated heterocycles. The Hall–Kier alpha value is -1.10. The summed E-state index contributed by atoms with van der Waals surface area (Å²) in [6.45, 7) is 6.91. The van der Waals surface area contributed by atoms with Crippen molar-refractivity contribution in [3.8, 4) is 0 Å². The number of hydrogen-bond acceptors (Lipinski definition) is 3. The number of amides is 1. The fraction of sp³-hybridized carbons (Fsp3) is 0.818.